The predicted octanol–water partition coefficient (Wildman–Crippen LogP) is 3.70. The molecule has 3 N–H and O–H groups in total. The van der Waals surface area contributed by atoms with Crippen LogP contribution in [0, 0.1) is 0 Å². The van der Waals surface area contributed by atoms with Crippen molar-refractivity contribution in [3.8, 4) is 0 Å². The van der Waals surface area contributed by atoms with Gasteiger partial charge < -0.3 is 10.8 Å². The maximum atomic E-state index is 12.3. The van der Waals surface area contributed by atoms with E-state index in [1.165, 1.54) is 0 Å². The summed E-state index contributed by atoms with van der Waals surface area (Å²) in [6, 6.07) is 7.48. The lowest BCUT2D eigenvalue weighted by Crippen LogP contribution is -2.50. The molecular weight excluding hydrogens is 286 g/mol. The van der Waals surface area contributed by atoms with Crippen molar-refractivity contribution < 1.29 is 14.7 Å². The van der Waals surface area contributed by atoms with Crippen molar-refractivity contribution >= 4 is 27.3 Å². The zero-order valence-corrected chi connectivity index (χ0v) is 12.6. The predicted molar refractivity (Wildman–Crippen MR) is 84.4 cm³/mol. The number of carbonyl (C=O) groups is 2. The first-order valence-corrected chi connectivity index (χ1v) is 8.87. The SMILES string of the molecule is NC(=O)C1(S2(C(=O)O)C=Cc3ccccc32)CCCCC1. The number of amides is 1. The maximum Gasteiger partial charge on any atom is 0.355 e. The van der Waals surface area contributed by atoms with E-state index in [0.29, 0.717) is 12.8 Å². The molecule has 1 saturated carbocycles. The van der Waals surface area contributed by atoms with Crippen LogP contribution in [-0.4, -0.2) is 21.1 Å². The first-order valence-electron chi connectivity index (χ1n) is 7.18. The Bertz CT molecular complexity index is 634. The first kappa shape index (κ1) is 14.2. The number of carboxylic acid groups (broad SMARTS) is 1. The summed E-state index contributed by atoms with van der Waals surface area (Å²) in [5.74, 6) is -0.457. The Morgan fingerprint density at radius 1 is 1.14 bits per heavy atom. The van der Waals surface area contributed by atoms with Crippen LogP contribution in [0.5, 0.6) is 0 Å². The molecule has 1 amide bonds. The second-order valence-corrected chi connectivity index (χ2v) is 8.85. The summed E-state index contributed by atoms with van der Waals surface area (Å²) < 4.78 is -0.944. The van der Waals surface area contributed by atoms with Gasteiger partial charge in [0.1, 0.15) is 0 Å². The van der Waals surface area contributed by atoms with Gasteiger partial charge in [-0.2, -0.15) is 0 Å². The van der Waals surface area contributed by atoms with Crippen molar-refractivity contribution in [3.05, 3.63) is 35.2 Å². The van der Waals surface area contributed by atoms with E-state index in [2.05, 4.69) is 0 Å². The van der Waals surface area contributed by atoms with Crippen LogP contribution in [-0.2, 0) is 4.79 Å². The summed E-state index contributed by atoms with van der Waals surface area (Å²) >= 11 is 0. The number of rotatable bonds is 2. The monoisotopic (exact) mass is 305 g/mol. The molecule has 112 valence electrons. The minimum Gasteiger partial charge on any atom is -0.474 e. The van der Waals surface area contributed by atoms with E-state index in [1.54, 1.807) is 5.41 Å². The average Bonchev–Trinajstić information content (AvgIpc) is 2.89. The molecule has 0 aromatic heterocycles. The number of nitrogens with two attached hydrogens (primary N) is 1. The Labute approximate surface area is 125 Å². The van der Waals surface area contributed by atoms with Crippen molar-refractivity contribution in [1.29, 1.82) is 0 Å². The summed E-state index contributed by atoms with van der Waals surface area (Å²) in [7, 11) is -2.44. The standard InChI is InChI=1S/C16H19NO3S/c17-14(18)16(9-4-1-5-10-16)21(15(19)20)11-8-12-6-2-3-7-13(12)21/h2-3,6-8,11H,1,4-5,9-10H2,(H2,17,18)(H,19,20). The van der Waals surface area contributed by atoms with Gasteiger partial charge in [0, 0.05) is 4.90 Å². The number of hydrogen-bond donors (Lipinski definition) is 2. The molecule has 0 saturated heterocycles. The fourth-order valence-electron chi connectivity index (χ4n) is 3.67. The van der Waals surface area contributed by atoms with E-state index in [0.717, 1.165) is 29.7 Å². The van der Waals surface area contributed by atoms with Gasteiger partial charge in [0.2, 0.25) is 5.91 Å². The summed E-state index contributed by atoms with van der Waals surface area (Å²) in [6.07, 6.45) is 5.75. The normalized spacial score (nSPS) is 29.3. The van der Waals surface area contributed by atoms with Gasteiger partial charge in [-0.1, -0.05) is 47.5 Å². The molecule has 1 aliphatic carbocycles. The van der Waals surface area contributed by atoms with Crippen molar-refractivity contribution in [2.45, 2.75) is 41.7 Å². The second-order valence-electron chi connectivity index (χ2n) is 5.69. The van der Waals surface area contributed by atoms with Gasteiger partial charge in [0.05, 0.1) is 4.75 Å². The van der Waals surface area contributed by atoms with Crippen LogP contribution >= 0.6 is 10.0 Å². The molecule has 5 heteroatoms. The molecule has 1 aromatic carbocycles. The maximum absolute atomic E-state index is 12.3. The second kappa shape index (κ2) is 4.91. The van der Waals surface area contributed by atoms with E-state index in [1.807, 2.05) is 30.3 Å². The molecule has 2 aliphatic rings. The highest BCUT2D eigenvalue weighted by molar-refractivity contribution is 8.48. The Hall–Kier alpha value is -1.75. The Kier molecular flexibility index (Phi) is 3.32. The first-order chi connectivity index (χ1) is 10.0. The largest absolute Gasteiger partial charge is 0.474 e. The molecule has 3 rings (SSSR count). The van der Waals surface area contributed by atoms with Crippen molar-refractivity contribution in [2.24, 2.45) is 5.73 Å². The minimum absolute atomic E-state index is 0.457. The third-order valence-corrected chi connectivity index (χ3v) is 8.72. The van der Waals surface area contributed by atoms with Crippen LogP contribution in [0.3, 0.4) is 0 Å². The van der Waals surface area contributed by atoms with Gasteiger partial charge in [-0.15, -0.1) is 0 Å². The molecule has 1 aromatic rings. The fraction of sp³-hybridized carbons (Fsp3) is 0.375. The molecule has 1 unspecified atom stereocenters. The van der Waals surface area contributed by atoms with E-state index < -0.39 is 26.0 Å². The van der Waals surface area contributed by atoms with Gasteiger partial charge >= 0.3 is 5.30 Å². The van der Waals surface area contributed by atoms with Crippen molar-refractivity contribution in [1.82, 2.24) is 0 Å². The van der Waals surface area contributed by atoms with Crippen LogP contribution in [0.25, 0.3) is 6.08 Å². The van der Waals surface area contributed by atoms with Crippen molar-refractivity contribution in [3.63, 3.8) is 0 Å². The summed E-state index contributed by atoms with van der Waals surface area (Å²) in [5.41, 5.74) is 6.65. The zero-order valence-electron chi connectivity index (χ0n) is 11.7. The summed E-state index contributed by atoms with van der Waals surface area (Å²) in [6.45, 7) is 0. The third kappa shape index (κ3) is 1.77. The van der Waals surface area contributed by atoms with E-state index in [4.69, 9.17) is 5.73 Å². The van der Waals surface area contributed by atoms with E-state index in [9.17, 15) is 14.7 Å². The molecule has 1 fully saturated rings. The number of primary amides is 1. The molecule has 1 atom stereocenters. The van der Waals surface area contributed by atoms with Crippen LogP contribution in [0.4, 0.5) is 4.79 Å². The van der Waals surface area contributed by atoms with Crippen LogP contribution < -0.4 is 5.73 Å². The molecule has 0 bridgehead atoms. The van der Waals surface area contributed by atoms with Gasteiger partial charge in [0.25, 0.3) is 0 Å². The van der Waals surface area contributed by atoms with E-state index in [-0.39, 0.29) is 0 Å². The molecule has 0 radical (unpaired) electrons. The number of benzene rings is 1. The van der Waals surface area contributed by atoms with Gasteiger partial charge in [0.15, 0.2) is 0 Å². The average molecular weight is 305 g/mol. The van der Waals surface area contributed by atoms with E-state index >= 15 is 0 Å². The Morgan fingerprint density at radius 3 is 2.43 bits per heavy atom. The quantitative estimate of drug-likeness (QED) is 0.874. The molecule has 4 nitrogen and oxygen atoms in total. The Morgan fingerprint density at radius 2 is 1.81 bits per heavy atom. The lowest BCUT2D eigenvalue weighted by Gasteiger charge is -2.49. The molecule has 21 heavy (non-hydrogen) atoms. The lowest BCUT2D eigenvalue weighted by molar-refractivity contribution is -0.121. The number of fused-ring (bicyclic) bond motifs is 1. The van der Waals surface area contributed by atoms with Crippen LogP contribution in [0.15, 0.2) is 34.6 Å². The smallest absolute Gasteiger partial charge is 0.355 e. The summed E-state index contributed by atoms with van der Waals surface area (Å²) in [4.78, 5) is 25.4. The van der Waals surface area contributed by atoms with Crippen molar-refractivity contribution in [2.75, 3.05) is 0 Å². The fourth-order valence-corrected chi connectivity index (χ4v) is 7.54. The minimum atomic E-state index is -2.44. The highest BCUT2D eigenvalue weighted by Gasteiger charge is 2.58. The highest BCUT2D eigenvalue weighted by atomic mass is 32.3. The molecule has 1 aliphatic heterocycles. The third-order valence-electron chi connectivity index (χ3n) is 4.72. The molecular formula is C16H19NO3S. The molecule has 1 heterocycles. The van der Waals surface area contributed by atoms with Crippen LogP contribution in [0.1, 0.15) is 37.7 Å². The zero-order chi connectivity index (χ0) is 15.1. The Balaban J connectivity index is 2.26. The van der Waals surface area contributed by atoms with Gasteiger partial charge in [-0.05, 0) is 36.0 Å². The number of hydrogen-bond acceptors (Lipinski definition) is 2. The summed E-state index contributed by atoms with van der Waals surface area (Å²) in [5, 5.41) is 10.9. The lowest BCUT2D eigenvalue weighted by atomic mass is 9.88. The van der Waals surface area contributed by atoms with Gasteiger partial charge in [-0.3, -0.25) is 4.79 Å². The van der Waals surface area contributed by atoms with Gasteiger partial charge in [-0.25, -0.2) is 4.79 Å². The highest BCUT2D eigenvalue weighted by Crippen LogP contribution is 2.73. The number of carbonyl (C=O) groups excluding carboxylic acids is 1. The van der Waals surface area contributed by atoms with Crippen LogP contribution in [0.2, 0.25) is 0 Å². The molecule has 0 spiro atoms. The topological polar surface area (TPSA) is 80.4 Å².